The van der Waals surface area contributed by atoms with Crippen molar-refractivity contribution in [2.24, 2.45) is 11.8 Å². The summed E-state index contributed by atoms with van der Waals surface area (Å²) in [7, 11) is -0.574. The lowest BCUT2D eigenvalue weighted by atomic mass is 9.89. The van der Waals surface area contributed by atoms with Crippen LogP contribution in [0.3, 0.4) is 0 Å². The van der Waals surface area contributed by atoms with Gasteiger partial charge in [-0.25, -0.2) is 0 Å². The number of aryl methyl sites for hydroxylation is 6. The summed E-state index contributed by atoms with van der Waals surface area (Å²) in [5, 5.41) is 1.53. The highest BCUT2D eigenvalue weighted by atomic mass is 31.1. The molecule has 4 rings (SSSR count). The summed E-state index contributed by atoms with van der Waals surface area (Å²) in [6.07, 6.45) is 1.44. The van der Waals surface area contributed by atoms with Gasteiger partial charge in [-0.05, 0) is 115 Å². The van der Waals surface area contributed by atoms with Crippen molar-refractivity contribution in [2.45, 2.75) is 93.4 Å². The van der Waals surface area contributed by atoms with Crippen LogP contribution in [0, 0.1) is 53.4 Å². The number of Topliss-reactive ketones (excluding diaryl/α,β-unsaturated/α-hetero) is 1. The van der Waals surface area contributed by atoms with E-state index < -0.39 is 7.92 Å². The SMILES string of the molecule is Cc1cc(C)c(-c2cccc(-c3c(C)cc(C)cc3C)c2P2C(C(C)C)CC(=O)CC2C(C)C)c(C)c1. The topological polar surface area (TPSA) is 17.1 Å². The van der Waals surface area contributed by atoms with E-state index in [0.717, 1.165) is 12.8 Å². The smallest absolute Gasteiger partial charge is 0.134 e. The monoisotopic (exact) mass is 512 g/mol. The van der Waals surface area contributed by atoms with Crippen LogP contribution in [0.2, 0.25) is 0 Å². The second-order valence-electron chi connectivity index (χ2n) is 12.2. The van der Waals surface area contributed by atoms with Crippen LogP contribution in [0.5, 0.6) is 0 Å². The van der Waals surface area contributed by atoms with Crippen LogP contribution in [-0.2, 0) is 4.79 Å². The number of ketones is 1. The predicted molar refractivity (Wildman–Crippen MR) is 164 cm³/mol. The maximum atomic E-state index is 13.1. The molecular formula is C35H45OP. The Morgan fingerprint density at radius 2 is 1.00 bits per heavy atom. The van der Waals surface area contributed by atoms with Crippen molar-refractivity contribution in [3.63, 3.8) is 0 Å². The van der Waals surface area contributed by atoms with Gasteiger partial charge in [-0.3, -0.25) is 4.79 Å². The molecule has 0 bridgehead atoms. The minimum absolute atomic E-state index is 0.403. The van der Waals surface area contributed by atoms with E-state index in [-0.39, 0.29) is 0 Å². The van der Waals surface area contributed by atoms with Crippen LogP contribution in [-0.4, -0.2) is 17.1 Å². The summed E-state index contributed by atoms with van der Waals surface area (Å²) in [4.78, 5) is 13.1. The van der Waals surface area contributed by atoms with Crippen molar-refractivity contribution >= 4 is 19.0 Å². The first kappa shape index (κ1) is 27.8. The Morgan fingerprint density at radius 1 is 0.649 bits per heavy atom. The maximum Gasteiger partial charge on any atom is 0.134 e. The molecule has 0 N–H and O–H groups in total. The number of hydrogen-bond donors (Lipinski definition) is 0. The van der Waals surface area contributed by atoms with Crippen LogP contribution < -0.4 is 5.30 Å². The predicted octanol–water partition coefficient (Wildman–Crippen LogP) is 9.39. The molecule has 0 amide bonds. The van der Waals surface area contributed by atoms with Crippen molar-refractivity contribution in [3.8, 4) is 22.3 Å². The number of carbonyl (C=O) groups excluding carboxylic acids is 1. The van der Waals surface area contributed by atoms with Gasteiger partial charge in [0.15, 0.2) is 0 Å². The second-order valence-corrected chi connectivity index (χ2v) is 14.8. The lowest BCUT2D eigenvalue weighted by molar-refractivity contribution is -0.119. The molecule has 0 aliphatic carbocycles. The largest absolute Gasteiger partial charge is 0.300 e. The van der Waals surface area contributed by atoms with Gasteiger partial charge in [0.25, 0.3) is 0 Å². The van der Waals surface area contributed by atoms with E-state index in [0.29, 0.717) is 28.9 Å². The molecule has 1 fully saturated rings. The van der Waals surface area contributed by atoms with E-state index in [4.69, 9.17) is 0 Å². The highest BCUT2D eigenvalue weighted by Crippen LogP contribution is 2.59. The average Bonchev–Trinajstić information content (AvgIpc) is 2.77. The lowest BCUT2D eigenvalue weighted by Crippen LogP contribution is -2.38. The quantitative estimate of drug-likeness (QED) is 0.311. The molecule has 2 unspecified atom stereocenters. The van der Waals surface area contributed by atoms with Crippen LogP contribution >= 0.6 is 7.92 Å². The van der Waals surface area contributed by atoms with Crippen molar-refractivity contribution in [1.29, 1.82) is 0 Å². The van der Waals surface area contributed by atoms with E-state index in [1.807, 2.05) is 0 Å². The van der Waals surface area contributed by atoms with E-state index in [1.54, 1.807) is 0 Å². The fourth-order valence-corrected chi connectivity index (χ4v) is 11.0. The standard InChI is InChI=1S/C35H45OP/c1-20(2)31-18-28(36)19-32(21(3)4)37(31)35-29(33-24(7)14-22(5)15-25(33)8)12-11-13-30(35)34-26(9)16-23(6)17-27(34)10/h11-17,20-21,31-32H,18-19H2,1-10H3. The first-order valence-corrected chi connectivity index (χ1v) is 15.5. The first-order chi connectivity index (χ1) is 17.4. The van der Waals surface area contributed by atoms with Crippen LogP contribution in [0.25, 0.3) is 22.3 Å². The van der Waals surface area contributed by atoms with Gasteiger partial charge in [-0.2, -0.15) is 0 Å². The molecule has 1 saturated heterocycles. The van der Waals surface area contributed by atoms with Crippen LogP contribution in [0.4, 0.5) is 0 Å². The van der Waals surface area contributed by atoms with Crippen LogP contribution in [0.15, 0.2) is 42.5 Å². The molecule has 0 saturated carbocycles. The zero-order valence-corrected chi connectivity index (χ0v) is 25.5. The van der Waals surface area contributed by atoms with Gasteiger partial charge in [-0.15, -0.1) is 0 Å². The minimum atomic E-state index is -0.574. The summed E-state index contributed by atoms with van der Waals surface area (Å²) in [5.74, 6) is 1.40. The Labute approximate surface area is 226 Å². The molecule has 0 spiro atoms. The Hall–Kier alpha value is -2.24. The van der Waals surface area contributed by atoms with Gasteiger partial charge < -0.3 is 0 Å². The molecule has 37 heavy (non-hydrogen) atoms. The highest BCUT2D eigenvalue weighted by Gasteiger charge is 2.42. The van der Waals surface area contributed by atoms with E-state index in [2.05, 4.69) is 112 Å². The molecule has 3 aromatic rings. The fourth-order valence-electron chi connectivity index (χ4n) is 6.87. The molecule has 0 radical (unpaired) electrons. The van der Waals surface area contributed by atoms with Gasteiger partial charge in [0, 0.05) is 12.8 Å². The molecule has 196 valence electrons. The van der Waals surface area contributed by atoms with E-state index in [9.17, 15) is 4.79 Å². The molecule has 0 aromatic heterocycles. The Morgan fingerprint density at radius 3 is 1.32 bits per heavy atom. The number of rotatable bonds is 5. The highest BCUT2D eigenvalue weighted by molar-refractivity contribution is 7.68. The molecule has 1 heterocycles. The van der Waals surface area contributed by atoms with Crippen molar-refractivity contribution in [1.82, 2.24) is 0 Å². The Balaban J connectivity index is 2.15. The minimum Gasteiger partial charge on any atom is -0.300 e. The first-order valence-electron chi connectivity index (χ1n) is 14.0. The number of hydrogen-bond acceptors (Lipinski definition) is 1. The maximum absolute atomic E-state index is 13.1. The summed E-state index contributed by atoms with van der Waals surface area (Å²) >= 11 is 0. The summed E-state index contributed by atoms with van der Waals surface area (Å²) in [5.41, 5.74) is 14.4. The molecule has 2 heteroatoms. The number of carbonyl (C=O) groups is 1. The second kappa shape index (κ2) is 10.9. The zero-order valence-electron chi connectivity index (χ0n) is 24.6. The molecule has 3 aromatic carbocycles. The zero-order chi connectivity index (χ0) is 27.2. The van der Waals surface area contributed by atoms with E-state index >= 15 is 0 Å². The van der Waals surface area contributed by atoms with Gasteiger partial charge in [0.1, 0.15) is 5.78 Å². The summed E-state index contributed by atoms with van der Waals surface area (Å²) in [6, 6.07) is 16.3. The van der Waals surface area contributed by atoms with Crippen molar-refractivity contribution in [2.75, 3.05) is 0 Å². The molecular weight excluding hydrogens is 467 g/mol. The van der Waals surface area contributed by atoms with Gasteiger partial charge in [-0.1, -0.05) is 89.2 Å². The average molecular weight is 513 g/mol. The van der Waals surface area contributed by atoms with Gasteiger partial charge in [0.2, 0.25) is 0 Å². The molecule has 2 atom stereocenters. The Bertz CT molecular complexity index is 1190. The molecule has 1 nitrogen and oxygen atoms in total. The van der Waals surface area contributed by atoms with Crippen molar-refractivity contribution < 1.29 is 4.79 Å². The third-order valence-electron chi connectivity index (χ3n) is 8.31. The fraction of sp³-hybridized carbons (Fsp3) is 0.457. The third kappa shape index (κ3) is 5.35. The number of benzene rings is 3. The normalized spacial score (nSPS) is 20.2. The Kier molecular flexibility index (Phi) is 8.16. The molecule has 1 aliphatic rings. The van der Waals surface area contributed by atoms with Crippen LogP contribution in [0.1, 0.15) is 73.9 Å². The third-order valence-corrected chi connectivity index (χ3v) is 12.3. The summed E-state index contributed by atoms with van der Waals surface area (Å²) in [6.45, 7) is 22.8. The summed E-state index contributed by atoms with van der Waals surface area (Å²) < 4.78 is 0. The lowest BCUT2D eigenvalue weighted by Gasteiger charge is -2.44. The molecule has 1 aliphatic heterocycles. The van der Waals surface area contributed by atoms with Gasteiger partial charge in [0.05, 0.1) is 0 Å². The van der Waals surface area contributed by atoms with Crippen molar-refractivity contribution in [3.05, 3.63) is 75.8 Å². The van der Waals surface area contributed by atoms with E-state index in [1.165, 1.54) is 60.9 Å². The van der Waals surface area contributed by atoms with Gasteiger partial charge >= 0.3 is 0 Å².